The number of hydrogen-bond acceptors (Lipinski definition) is 2. The molecule has 2 nitrogen and oxygen atoms in total. The highest BCUT2D eigenvalue weighted by molar-refractivity contribution is 5.21. The molecule has 0 bridgehead atoms. The first-order valence-electron chi connectivity index (χ1n) is 7.36. The average Bonchev–Trinajstić information content (AvgIpc) is 2.52. The van der Waals surface area contributed by atoms with Gasteiger partial charge in [0.25, 0.3) is 0 Å². The molecule has 2 rings (SSSR count). The first kappa shape index (κ1) is 14.6. The van der Waals surface area contributed by atoms with Gasteiger partial charge in [-0.05, 0) is 24.1 Å². The minimum Gasteiger partial charge on any atom is -0.492 e. The molecular formula is C18H23NO. The summed E-state index contributed by atoms with van der Waals surface area (Å²) in [6.45, 7) is 3.77. The molecule has 0 heterocycles. The summed E-state index contributed by atoms with van der Waals surface area (Å²) in [6, 6.07) is 21.0. The van der Waals surface area contributed by atoms with Gasteiger partial charge in [-0.2, -0.15) is 0 Å². The average molecular weight is 269 g/mol. The molecule has 0 fully saturated rings. The van der Waals surface area contributed by atoms with Crippen LogP contribution in [0.15, 0.2) is 60.7 Å². The number of rotatable bonds is 8. The van der Waals surface area contributed by atoms with Crippen molar-refractivity contribution in [2.75, 3.05) is 13.2 Å². The zero-order valence-corrected chi connectivity index (χ0v) is 12.1. The number of hydrogen-bond donors (Lipinski definition) is 1. The summed E-state index contributed by atoms with van der Waals surface area (Å²) in [5.41, 5.74) is 1.36. The predicted molar refractivity (Wildman–Crippen MR) is 84.0 cm³/mol. The maximum atomic E-state index is 5.71. The van der Waals surface area contributed by atoms with Crippen LogP contribution in [0.3, 0.4) is 0 Å². The fourth-order valence-electron chi connectivity index (χ4n) is 2.28. The zero-order valence-electron chi connectivity index (χ0n) is 12.1. The van der Waals surface area contributed by atoms with Crippen molar-refractivity contribution in [3.8, 4) is 5.75 Å². The Morgan fingerprint density at radius 1 is 0.950 bits per heavy atom. The van der Waals surface area contributed by atoms with Gasteiger partial charge < -0.3 is 10.1 Å². The molecule has 20 heavy (non-hydrogen) atoms. The predicted octanol–water partition coefficient (Wildman–Crippen LogP) is 4.20. The van der Waals surface area contributed by atoms with Crippen molar-refractivity contribution in [1.29, 1.82) is 0 Å². The molecule has 0 aliphatic rings. The van der Waals surface area contributed by atoms with Crippen LogP contribution < -0.4 is 10.1 Å². The normalized spacial score (nSPS) is 12.1. The highest BCUT2D eigenvalue weighted by atomic mass is 16.5. The second-order valence-corrected chi connectivity index (χ2v) is 4.87. The molecule has 2 aromatic rings. The molecular weight excluding hydrogens is 246 g/mol. The van der Waals surface area contributed by atoms with Crippen LogP contribution >= 0.6 is 0 Å². The van der Waals surface area contributed by atoms with Gasteiger partial charge in [-0.1, -0.05) is 61.9 Å². The SMILES string of the molecule is CCCC(NCCOc1ccccc1)c1ccccc1. The number of ether oxygens (including phenoxy) is 1. The van der Waals surface area contributed by atoms with Crippen LogP contribution in [0.4, 0.5) is 0 Å². The Morgan fingerprint density at radius 2 is 1.60 bits per heavy atom. The summed E-state index contributed by atoms with van der Waals surface area (Å²) < 4.78 is 5.71. The maximum absolute atomic E-state index is 5.71. The third-order valence-electron chi connectivity index (χ3n) is 3.28. The highest BCUT2D eigenvalue weighted by Crippen LogP contribution is 2.17. The number of benzene rings is 2. The van der Waals surface area contributed by atoms with Gasteiger partial charge >= 0.3 is 0 Å². The van der Waals surface area contributed by atoms with E-state index in [1.165, 1.54) is 12.0 Å². The lowest BCUT2D eigenvalue weighted by Gasteiger charge is -2.18. The summed E-state index contributed by atoms with van der Waals surface area (Å²) in [5, 5.41) is 3.58. The zero-order chi connectivity index (χ0) is 14.0. The second-order valence-electron chi connectivity index (χ2n) is 4.87. The van der Waals surface area contributed by atoms with Crippen LogP contribution in [0.5, 0.6) is 5.75 Å². The van der Waals surface area contributed by atoms with E-state index in [1.807, 2.05) is 30.3 Å². The smallest absolute Gasteiger partial charge is 0.119 e. The Labute approximate surface area is 121 Å². The molecule has 0 aliphatic heterocycles. The van der Waals surface area contributed by atoms with E-state index < -0.39 is 0 Å². The van der Waals surface area contributed by atoms with Crippen LogP contribution in [0, 0.1) is 0 Å². The van der Waals surface area contributed by atoms with Crippen LogP contribution in [-0.4, -0.2) is 13.2 Å². The lowest BCUT2D eigenvalue weighted by Crippen LogP contribution is -2.26. The molecule has 0 saturated heterocycles. The Morgan fingerprint density at radius 3 is 2.25 bits per heavy atom. The van der Waals surface area contributed by atoms with E-state index in [0.717, 1.165) is 18.7 Å². The maximum Gasteiger partial charge on any atom is 0.119 e. The quantitative estimate of drug-likeness (QED) is 0.725. The van der Waals surface area contributed by atoms with Gasteiger partial charge in [-0.15, -0.1) is 0 Å². The third kappa shape index (κ3) is 4.71. The van der Waals surface area contributed by atoms with Crippen molar-refractivity contribution in [2.45, 2.75) is 25.8 Å². The van der Waals surface area contributed by atoms with Gasteiger partial charge in [0.15, 0.2) is 0 Å². The van der Waals surface area contributed by atoms with Gasteiger partial charge in [-0.3, -0.25) is 0 Å². The van der Waals surface area contributed by atoms with Crippen molar-refractivity contribution < 1.29 is 4.74 Å². The standard InChI is InChI=1S/C18H23NO/c1-2-9-18(16-10-5-3-6-11-16)19-14-15-20-17-12-7-4-8-13-17/h3-8,10-13,18-19H,2,9,14-15H2,1H3. The van der Waals surface area contributed by atoms with E-state index >= 15 is 0 Å². The molecule has 1 N–H and O–H groups in total. The third-order valence-corrected chi connectivity index (χ3v) is 3.28. The Kier molecular flexibility index (Phi) is 6.12. The topological polar surface area (TPSA) is 21.3 Å². The van der Waals surface area contributed by atoms with Crippen LogP contribution in [0.25, 0.3) is 0 Å². The number of nitrogens with one attached hydrogen (secondary N) is 1. The van der Waals surface area contributed by atoms with E-state index in [2.05, 4.69) is 42.6 Å². The molecule has 1 atom stereocenters. The van der Waals surface area contributed by atoms with Crippen molar-refractivity contribution >= 4 is 0 Å². The number of para-hydroxylation sites is 1. The lowest BCUT2D eigenvalue weighted by molar-refractivity contribution is 0.303. The van der Waals surface area contributed by atoms with Crippen LogP contribution in [0.2, 0.25) is 0 Å². The summed E-state index contributed by atoms with van der Waals surface area (Å²) >= 11 is 0. The van der Waals surface area contributed by atoms with Gasteiger partial charge in [0.05, 0.1) is 0 Å². The molecule has 0 saturated carbocycles. The Hall–Kier alpha value is -1.80. The minimum atomic E-state index is 0.417. The molecule has 0 aromatic heterocycles. The summed E-state index contributed by atoms with van der Waals surface area (Å²) in [6.07, 6.45) is 2.32. The van der Waals surface area contributed by atoms with Gasteiger partial charge in [0.1, 0.15) is 12.4 Å². The molecule has 2 aromatic carbocycles. The van der Waals surface area contributed by atoms with E-state index in [-0.39, 0.29) is 0 Å². The first-order valence-corrected chi connectivity index (χ1v) is 7.36. The Balaban J connectivity index is 1.78. The van der Waals surface area contributed by atoms with Crippen molar-refractivity contribution in [3.63, 3.8) is 0 Å². The lowest BCUT2D eigenvalue weighted by atomic mass is 10.0. The fraction of sp³-hybridized carbons (Fsp3) is 0.333. The Bertz CT molecular complexity index is 469. The van der Waals surface area contributed by atoms with E-state index in [9.17, 15) is 0 Å². The van der Waals surface area contributed by atoms with Crippen molar-refractivity contribution in [1.82, 2.24) is 5.32 Å². The fourth-order valence-corrected chi connectivity index (χ4v) is 2.28. The van der Waals surface area contributed by atoms with Crippen LogP contribution in [-0.2, 0) is 0 Å². The van der Waals surface area contributed by atoms with E-state index in [0.29, 0.717) is 12.6 Å². The molecule has 106 valence electrons. The summed E-state index contributed by atoms with van der Waals surface area (Å²) in [7, 11) is 0. The van der Waals surface area contributed by atoms with Gasteiger partial charge in [0, 0.05) is 12.6 Å². The molecule has 0 spiro atoms. The van der Waals surface area contributed by atoms with E-state index in [4.69, 9.17) is 4.74 Å². The summed E-state index contributed by atoms with van der Waals surface area (Å²) in [5.74, 6) is 0.932. The van der Waals surface area contributed by atoms with Gasteiger partial charge in [-0.25, -0.2) is 0 Å². The summed E-state index contributed by atoms with van der Waals surface area (Å²) in [4.78, 5) is 0. The van der Waals surface area contributed by atoms with E-state index in [1.54, 1.807) is 0 Å². The minimum absolute atomic E-state index is 0.417. The first-order chi connectivity index (χ1) is 9.90. The molecule has 0 radical (unpaired) electrons. The van der Waals surface area contributed by atoms with Gasteiger partial charge in [0.2, 0.25) is 0 Å². The largest absolute Gasteiger partial charge is 0.492 e. The molecule has 0 aliphatic carbocycles. The second kappa shape index (κ2) is 8.39. The molecule has 2 heteroatoms. The highest BCUT2D eigenvalue weighted by Gasteiger charge is 2.08. The molecule has 0 amide bonds. The molecule has 1 unspecified atom stereocenters. The van der Waals surface area contributed by atoms with Crippen molar-refractivity contribution in [3.05, 3.63) is 66.2 Å². The monoisotopic (exact) mass is 269 g/mol. The van der Waals surface area contributed by atoms with Crippen LogP contribution in [0.1, 0.15) is 31.4 Å². The van der Waals surface area contributed by atoms with Crippen molar-refractivity contribution in [2.24, 2.45) is 0 Å².